The van der Waals surface area contributed by atoms with Gasteiger partial charge in [0.05, 0.1) is 11.1 Å². The van der Waals surface area contributed by atoms with Gasteiger partial charge in [0.15, 0.2) is 0 Å². The molecule has 1 fully saturated rings. The molecule has 0 saturated carbocycles. The number of rotatable bonds is 8. The molecule has 0 radical (unpaired) electrons. The predicted octanol–water partition coefficient (Wildman–Crippen LogP) is 2.69. The molecule has 2 aliphatic heterocycles. The van der Waals surface area contributed by atoms with E-state index in [0.29, 0.717) is 42.5 Å². The van der Waals surface area contributed by atoms with E-state index in [-0.39, 0.29) is 24.3 Å². The van der Waals surface area contributed by atoms with Gasteiger partial charge in [-0.2, -0.15) is 0 Å². The molecule has 152 valence electrons. The number of fused-ring (bicyclic) bond motifs is 1. The fourth-order valence-electron chi connectivity index (χ4n) is 4.18. The molecule has 1 aromatic carbocycles. The molecular formula is C22H31N3O3. The number of nitrogens with one attached hydrogen (secondary N) is 1. The Labute approximate surface area is 167 Å². The molecule has 6 heteroatoms. The van der Waals surface area contributed by atoms with Gasteiger partial charge in [-0.25, -0.2) is 0 Å². The van der Waals surface area contributed by atoms with Crippen molar-refractivity contribution in [3.8, 4) is 0 Å². The Hall–Kier alpha value is -2.21. The molecule has 28 heavy (non-hydrogen) atoms. The van der Waals surface area contributed by atoms with E-state index < -0.39 is 0 Å². The van der Waals surface area contributed by atoms with Crippen LogP contribution in [-0.4, -0.2) is 59.7 Å². The molecule has 0 aliphatic carbocycles. The second kappa shape index (κ2) is 9.32. The lowest BCUT2D eigenvalue weighted by Gasteiger charge is -2.37. The van der Waals surface area contributed by atoms with Gasteiger partial charge >= 0.3 is 0 Å². The van der Waals surface area contributed by atoms with E-state index in [9.17, 15) is 14.4 Å². The summed E-state index contributed by atoms with van der Waals surface area (Å²) in [4.78, 5) is 40.7. The zero-order valence-electron chi connectivity index (χ0n) is 16.9. The SMILES string of the molecule is CC(C)C(CNC(=O)CCCN1C(=O)c2ccccc2C1=O)N1CCCCC1. The molecule has 0 spiro atoms. The largest absolute Gasteiger partial charge is 0.355 e. The quantitative estimate of drug-likeness (QED) is 0.699. The van der Waals surface area contributed by atoms with Gasteiger partial charge in [-0.1, -0.05) is 32.4 Å². The van der Waals surface area contributed by atoms with Crippen molar-refractivity contribution in [1.29, 1.82) is 0 Å². The second-order valence-electron chi connectivity index (χ2n) is 8.12. The number of benzene rings is 1. The van der Waals surface area contributed by atoms with Crippen molar-refractivity contribution in [2.75, 3.05) is 26.2 Å². The van der Waals surface area contributed by atoms with Crippen LogP contribution < -0.4 is 5.32 Å². The highest BCUT2D eigenvalue weighted by Gasteiger charge is 2.34. The summed E-state index contributed by atoms with van der Waals surface area (Å²) in [6, 6.07) is 7.23. The van der Waals surface area contributed by atoms with Crippen LogP contribution in [-0.2, 0) is 4.79 Å². The maximum atomic E-state index is 12.3. The molecule has 1 saturated heterocycles. The normalized spacial score (nSPS) is 18.5. The molecule has 2 aliphatic rings. The number of imide groups is 1. The minimum atomic E-state index is -0.258. The van der Waals surface area contributed by atoms with Gasteiger partial charge in [0.1, 0.15) is 0 Å². The van der Waals surface area contributed by atoms with E-state index in [1.54, 1.807) is 24.3 Å². The first-order valence-electron chi connectivity index (χ1n) is 10.4. The number of likely N-dealkylation sites (tertiary alicyclic amines) is 1. The van der Waals surface area contributed by atoms with Gasteiger partial charge < -0.3 is 5.32 Å². The topological polar surface area (TPSA) is 69.7 Å². The maximum absolute atomic E-state index is 12.3. The summed E-state index contributed by atoms with van der Waals surface area (Å²) in [7, 11) is 0. The molecule has 1 N–H and O–H groups in total. The molecular weight excluding hydrogens is 354 g/mol. The Balaban J connectivity index is 1.43. The Morgan fingerprint density at radius 2 is 1.64 bits per heavy atom. The van der Waals surface area contributed by atoms with E-state index in [2.05, 4.69) is 24.1 Å². The fourth-order valence-corrected chi connectivity index (χ4v) is 4.18. The number of amides is 3. The number of nitrogens with zero attached hydrogens (tertiary/aromatic N) is 2. The molecule has 0 bridgehead atoms. The number of hydrogen-bond donors (Lipinski definition) is 1. The molecule has 1 unspecified atom stereocenters. The summed E-state index contributed by atoms with van der Waals surface area (Å²) < 4.78 is 0. The third kappa shape index (κ3) is 4.61. The Bertz CT molecular complexity index is 690. The summed E-state index contributed by atoms with van der Waals surface area (Å²) in [5.74, 6) is -0.0482. The van der Waals surface area contributed by atoms with Gasteiger partial charge in [-0.15, -0.1) is 0 Å². The van der Waals surface area contributed by atoms with Crippen molar-refractivity contribution >= 4 is 17.7 Å². The predicted molar refractivity (Wildman–Crippen MR) is 108 cm³/mol. The molecule has 3 rings (SSSR count). The van der Waals surface area contributed by atoms with Crippen LogP contribution in [0, 0.1) is 5.92 Å². The van der Waals surface area contributed by atoms with Gasteiger partial charge in [-0.3, -0.25) is 24.2 Å². The lowest BCUT2D eigenvalue weighted by Crippen LogP contribution is -2.48. The molecule has 0 aromatic heterocycles. The standard InChI is InChI=1S/C22H31N3O3/c1-16(2)19(24-12-6-3-7-13-24)15-23-20(26)11-8-14-25-21(27)17-9-4-5-10-18(17)22(25)28/h4-5,9-10,16,19H,3,6-8,11-15H2,1-2H3,(H,23,26). The summed E-state index contributed by atoms with van der Waals surface area (Å²) in [5.41, 5.74) is 0.913. The van der Waals surface area contributed by atoms with Crippen molar-refractivity contribution in [2.45, 2.75) is 52.0 Å². The summed E-state index contributed by atoms with van der Waals surface area (Å²) in [5, 5.41) is 3.06. The number of carbonyl (C=O) groups excluding carboxylic acids is 3. The molecule has 1 aromatic rings. The first-order chi connectivity index (χ1) is 13.5. The third-order valence-corrected chi connectivity index (χ3v) is 5.80. The number of hydrogen-bond acceptors (Lipinski definition) is 4. The van der Waals surface area contributed by atoms with Crippen LogP contribution in [0.5, 0.6) is 0 Å². The lowest BCUT2D eigenvalue weighted by molar-refractivity contribution is -0.121. The first kappa shape index (κ1) is 20.5. The smallest absolute Gasteiger partial charge is 0.261 e. The van der Waals surface area contributed by atoms with Crippen LogP contribution in [0.25, 0.3) is 0 Å². The highest BCUT2D eigenvalue weighted by atomic mass is 16.2. The average Bonchev–Trinajstić information content (AvgIpc) is 2.94. The van der Waals surface area contributed by atoms with Gasteiger partial charge in [-0.05, 0) is 50.4 Å². The van der Waals surface area contributed by atoms with Crippen LogP contribution in [0.15, 0.2) is 24.3 Å². The summed E-state index contributed by atoms with van der Waals surface area (Å²) >= 11 is 0. The van der Waals surface area contributed by atoms with Crippen LogP contribution in [0.2, 0.25) is 0 Å². The van der Waals surface area contributed by atoms with Gasteiger partial charge in [0.25, 0.3) is 11.8 Å². The van der Waals surface area contributed by atoms with E-state index >= 15 is 0 Å². The van der Waals surface area contributed by atoms with Crippen LogP contribution >= 0.6 is 0 Å². The van der Waals surface area contributed by atoms with Gasteiger partial charge in [0.2, 0.25) is 5.91 Å². The van der Waals surface area contributed by atoms with Crippen molar-refractivity contribution in [3.05, 3.63) is 35.4 Å². The number of piperidine rings is 1. The highest BCUT2D eigenvalue weighted by Crippen LogP contribution is 2.22. The van der Waals surface area contributed by atoms with Crippen molar-refractivity contribution in [2.24, 2.45) is 5.92 Å². The van der Waals surface area contributed by atoms with E-state index in [1.165, 1.54) is 24.2 Å². The Morgan fingerprint density at radius 3 is 2.21 bits per heavy atom. The number of carbonyl (C=O) groups is 3. The van der Waals surface area contributed by atoms with Crippen LogP contribution in [0.3, 0.4) is 0 Å². The second-order valence-corrected chi connectivity index (χ2v) is 8.12. The highest BCUT2D eigenvalue weighted by molar-refractivity contribution is 6.21. The Morgan fingerprint density at radius 1 is 1.04 bits per heavy atom. The molecule has 6 nitrogen and oxygen atoms in total. The van der Waals surface area contributed by atoms with Crippen molar-refractivity contribution in [3.63, 3.8) is 0 Å². The molecule has 2 heterocycles. The fraction of sp³-hybridized carbons (Fsp3) is 0.591. The van der Waals surface area contributed by atoms with Crippen molar-refractivity contribution < 1.29 is 14.4 Å². The average molecular weight is 386 g/mol. The Kier molecular flexibility index (Phi) is 6.83. The monoisotopic (exact) mass is 385 g/mol. The maximum Gasteiger partial charge on any atom is 0.261 e. The summed E-state index contributed by atoms with van der Waals surface area (Å²) in [6.07, 6.45) is 4.56. The van der Waals surface area contributed by atoms with Crippen molar-refractivity contribution in [1.82, 2.24) is 15.1 Å². The lowest BCUT2D eigenvalue weighted by atomic mass is 9.99. The zero-order chi connectivity index (χ0) is 20.1. The zero-order valence-corrected chi connectivity index (χ0v) is 16.9. The van der Waals surface area contributed by atoms with E-state index in [1.807, 2.05) is 0 Å². The van der Waals surface area contributed by atoms with E-state index in [0.717, 1.165) is 13.1 Å². The van der Waals surface area contributed by atoms with Crippen LogP contribution in [0.4, 0.5) is 0 Å². The van der Waals surface area contributed by atoms with E-state index in [4.69, 9.17) is 0 Å². The van der Waals surface area contributed by atoms with Gasteiger partial charge in [0, 0.05) is 25.6 Å². The molecule has 3 amide bonds. The molecule has 1 atom stereocenters. The minimum absolute atomic E-state index is 0.0146. The summed E-state index contributed by atoms with van der Waals surface area (Å²) in [6.45, 7) is 7.56. The third-order valence-electron chi connectivity index (χ3n) is 5.80. The first-order valence-corrected chi connectivity index (χ1v) is 10.4. The van der Waals surface area contributed by atoms with Crippen LogP contribution in [0.1, 0.15) is 66.7 Å². The minimum Gasteiger partial charge on any atom is -0.355 e.